The number of ether oxygens (including phenoxy) is 1. The second-order valence-electron chi connectivity index (χ2n) is 7.67. The number of sulfonamides is 1. The number of piperazine rings is 1. The van der Waals surface area contributed by atoms with Gasteiger partial charge in [-0.05, 0) is 55.3 Å². The van der Waals surface area contributed by atoms with Crippen LogP contribution < -0.4 is 9.64 Å². The number of aromatic nitrogens is 2. The van der Waals surface area contributed by atoms with E-state index >= 15 is 0 Å². The minimum Gasteiger partial charge on any atom is -0.497 e. The zero-order valence-electron chi connectivity index (χ0n) is 17.9. The fourth-order valence-corrected chi connectivity index (χ4v) is 5.44. The lowest BCUT2D eigenvalue weighted by Gasteiger charge is -2.34. The third-order valence-corrected chi connectivity index (χ3v) is 7.58. The molecule has 1 aromatic heterocycles. The van der Waals surface area contributed by atoms with E-state index in [0.29, 0.717) is 31.1 Å². The van der Waals surface area contributed by atoms with Crippen molar-refractivity contribution in [3.05, 3.63) is 65.7 Å². The van der Waals surface area contributed by atoms with Gasteiger partial charge >= 0.3 is 0 Å². The van der Waals surface area contributed by atoms with E-state index in [9.17, 15) is 8.42 Å². The van der Waals surface area contributed by atoms with Gasteiger partial charge in [0.25, 0.3) is 0 Å². The molecular weight excluding hydrogens is 412 g/mol. The van der Waals surface area contributed by atoms with Crippen LogP contribution in [0.2, 0.25) is 0 Å². The molecule has 1 aliphatic rings. The zero-order valence-corrected chi connectivity index (χ0v) is 18.8. The van der Waals surface area contributed by atoms with E-state index < -0.39 is 10.0 Å². The predicted molar refractivity (Wildman–Crippen MR) is 121 cm³/mol. The SMILES string of the molecule is COc1cccc(-c2ccc(N3CCN(S(=O)(=O)c4cc(C)ccc4C)CC3)nn2)c1. The number of methoxy groups -OCH3 is 1. The molecule has 0 radical (unpaired) electrons. The maximum Gasteiger partial charge on any atom is 0.243 e. The van der Waals surface area contributed by atoms with Gasteiger partial charge in [0.2, 0.25) is 10.0 Å². The molecular formula is C23H26N4O3S. The van der Waals surface area contributed by atoms with Crippen molar-refractivity contribution in [2.45, 2.75) is 18.7 Å². The van der Waals surface area contributed by atoms with Crippen molar-refractivity contribution in [3.8, 4) is 17.0 Å². The van der Waals surface area contributed by atoms with Gasteiger partial charge in [-0.2, -0.15) is 4.31 Å². The molecule has 8 heteroatoms. The maximum atomic E-state index is 13.1. The number of hydrogen-bond acceptors (Lipinski definition) is 6. The molecule has 1 fully saturated rings. The summed E-state index contributed by atoms with van der Waals surface area (Å²) < 4.78 is 33.1. The average Bonchev–Trinajstić information content (AvgIpc) is 2.81. The molecule has 7 nitrogen and oxygen atoms in total. The number of hydrogen-bond donors (Lipinski definition) is 0. The third-order valence-electron chi connectivity index (χ3n) is 5.54. The van der Waals surface area contributed by atoms with Gasteiger partial charge in [-0.1, -0.05) is 24.3 Å². The first-order valence-corrected chi connectivity index (χ1v) is 11.6. The van der Waals surface area contributed by atoms with Crippen LogP contribution in [0.1, 0.15) is 11.1 Å². The van der Waals surface area contributed by atoms with E-state index in [1.54, 1.807) is 17.5 Å². The lowest BCUT2D eigenvalue weighted by atomic mass is 10.1. The Kier molecular flexibility index (Phi) is 5.93. The van der Waals surface area contributed by atoms with Crippen LogP contribution in [0, 0.1) is 13.8 Å². The number of anilines is 1. The molecule has 3 aromatic rings. The van der Waals surface area contributed by atoms with Crippen LogP contribution in [-0.4, -0.2) is 56.2 Å². The Hall–Kier alpha value is -2.97. The van der Waals surface area contributed by atoms with E-state index in [-0.39, 0.29) is 0 Å². The summed E-state index contributed by atoms with van der Waals surface area (Å²) in [5.41, 5.74) is 3.41. The normalized spacial score (nSPS) is 15.1. The fourth-order valence-electron chi connectivity index (χ4n) is 3.71. The summed E-state index contributed by atoms with van der Waals surface area (Å²) in [6, 6.07) is 17.1. The van der Waals surface area contributed by atoms with Crippen LogP contribution in [0.4, 0.5) is 5.82 Å². The second kappa shape index (κ2) is 8.64. The van der Waals surface area contributed by atoms with Gasteiger partial charge in [0, 0.05) is 31.7 Å². The van der Waals surface area contributed by atoms with E-state index in [4.69, 9.17) is 4.74 Å². The van der Waals surface area contributed by atoms with Gasteiger partial charge in [0.15, 0.2) is 5.82 Å². The average molecular weight is 439 g/mol. The molecule has 1 saturated heterocycles. The quantitative estimate of drug-likeness (QED) is 0.609. The number of aryl methyl sites for hydroxylation is 2. The Labute approximate surface area is 183 Å². The van der Waals surface area contributed by atoms with Crippen LogP contribution in [0.5, 0.6) is 5.75 Å². The van der Waals surface area contributed by atoms with Crippen molar-refractivity contribution < 1.29 is 13.2 Å². The highest BCUT2D eigenvalue weighted by atomic mass is 32.2. The van der Waals surface area contributed by atoms with Crippen LogP contribution >= 0.6 is 0 Å². The van der Waals surface area contributed by atoms with Gasteiger partial charge < -0.3 is 9.64 Å². The largest absolute Gasteiger partial charge is 0.497 e. The molecule has 0 saturated carbocycles. The molecule has 31 heavy (non-hydrogen) atoms. The Morgan fingerprint density at radius 3 is 2.35 bits per heavy atom. The Bertz CT molecular complexity index is 1170. The Morgan fingerprint density at radius 1 is 0.903 bits per heavy atom. The van der Waals surface area contributed by atoms with E-state index in [1.165, 1.54) is 0 Å². The van der Waals surface area contributed by atoms with Crippen LogP contribution in [0.25, 0.3) is 11.3 Å². The van der Waals surface area contributed by atoms with Crippen molar-refractivity contribution in [1.82, 2.24) is 14.5 Å². The minimum absolute atomic E-state index is 0.392. The van der Waals surface area contributed by atoms with Crippen molar-refractivity contribution >= 4 is 15.8 Å². The highest BCUT2D eigenvalue weighted by molar-refractivity contribution is 7.89. The molecule has 0 spiro atoms. The molecule has 0 bridgehead atoms. The summed E-state index contributed by atoms with van der Waals surface area (Å²) in [6.45, 7) is 5.70. The molecule has 1 aliphatic heterocycles. The Morgan fingerprint density at radius 2 is 1.68 bits per heavy atom. The monoisotopic (exact) mass is 438 g/mol. The van der Waals surface area contributed by atoms with Crippen LogP contribution in [0.3, 0.4) is 0 Å². The molecule has 0 unspecified atom stereocenters. The summed E-state index contributed by atoms with van der Waals surface area (Å²) in [7, 11) is -1.88. The highest BCUT2D eigenvalue weighted by Crippen LogP contribution is 2.25. The molecule has 0 N–H and O–H groups in total. The lowest BCUT2D eigenvalue weighted by molar-refractivity contribution is 0.383. The summed E-state index contributed by atoms with van der Waals surface area (Å²) >= 11 is 0. The Balaban J connectivity index is 1.45. The van der Waals surface area contributed by atoms with Gasteiger partial charge in [0.1, 0.15) is 5.75 Å². The molecule has 162 valence electrons. The van der Waals surface area contributed by atoms with Gasteiger partial charge in [-0.15, -0.1) is 10.2 Å². The first-order chi connectivity index (χ1) is 14.9. The maximum absolute atomic E-state index is 13.1. The molecule has 4 rings (SSSR count). The van der Waals surface area contributed by atoms with E-state index in [0.717, 1.165) is 34.0 Å². The van der Waals surface area contributed by atoms with Gasteiger partial charge in [-0.3, -0.25) is 0 Å². The smallest absolute Gasteiger partial charge is 0.243 e. The van der Waals surface area contributed by atoms with Gasteiger partial charge in [-0.25, -0.2) is 8.42 Å². The zero-order chi connectivity index (χ0) is 22.0. The summed E-state index contributed by atoms with van der Waals surface area (Å²) in [5, 5.41) is 8.73. The summed E-state index contributed by atoms with van der Waals surface area (Å²) in [4.78, 5) is 2.46. The second-order valence-corrected chi connectivity index (χ2v) is 9.58. The molecule has 2 heterocycles. The number of benzene rings is 2. The lowest BCUT2D eigenvalue weighted by Crippen LogP contribution is -2.49. The summed E-state index contributed by atoms with van der Waals surface area (Å²) in [5.74, 6) is 1.51. The first kappa shape index (κ1) is 21.3. The standard InChI is InChI=1S/C23H26N4O3S/c1-17-7-8-18(2)22(15-17)31(28,29)27-13-11-26(12-14-27)23-10-9-21(24-25-23)19-5-4-6-20(16-19)30-3/h4-10,15-16H,11-14H2,1-3H3. The predicted octanol–water partition coefficient (Wildman–Crippen LogP) is 3.28. The molecule has 0 amide bonds. The number of nitrogens with zero attached hydrogens (tertiary/aromatic N) is 4. The number of rotatable bonds is 5. The van der Waals surface area contributed by atoms with E-state index in [1.807, 2.05) is 62.4 Å². The van der Waals surface area contributed by atoms with E-state index in [2.05, 4.69) is 15.1 Å². The van der Waals surface area contributed by atoms with Crippen molar-refractivity contribution in [2.75, 3.05) is 38.2 Å². The fraction of sp³-hybridized carbons (Fsp3) is 0.304. The highest BCUT2D eigenvalue weighted by Gasteiger charge is 2.30. The minimum atomic E-state index is -3.51. The third kappa shape index (κ3) is 4.40. The molecule has 0 aliphatic carbocycles. The van der Waals surface area contributed by atoms with Crippen molar-refractivity contribution in [2.24, 2.45) is 0 Å². The van der Waals surface area contributed by atoms with Gasteiger partial charge in [0.05, 0.1) is 17.7 Å². The van der Waals surface area contributed by atoms with Crippen LogP contribution in [-0.2, 0) is 10.0 Å². The van der Waals surface area contributed by atoms with Crippen molar-refractivity contribution in [3.63, 3.8) is 0 Å². The van der Waals surface area contributed by atoms with Crippen LogP contribution in [0.15, 0.2) is 59.5 Å². The molecule has 0 atom stereocenters. The van der Waals surface area contributed by atoms with Crippen molar-refractivity contribution in [1.29, 1.82) is 0 Å². The molecule has 2 aromatic carbocycles. The first-order valence-electron chi connectivity index (χ1n) is 10.2. The topological polar surface area (TPSA) is 75.6 Å². The summed E-state index contributed by atoms with van der Waals surface area (Å²) in [6.07, 6.45) is 0.